The fourth-order valence-corrected chi connectivity index (χ4v) is 8.13. The summed E-state index contributed by atoms with van der Waals surface area (Å²) >= 11 is 1.72. The van der Waals surface area contributed by atoms with Crippen molar-refractivity contribution >= 4 is 71.3 Å². The molecule has 0 aliphatic heterocycles. The maximum atomic E-state index is 6.60. The number of thiazole rings is 1. The highest BCUT2D eigenvalue weighted by Crippen LogP contribution is 2.41. The van der Waals surface area contributed by atoms with Gasteiger partial charge in [0.05, 0.1) is 10.2 Å². The first-order valence-corrected chi connectivity index (χ1v) is 17.9. The molecule has 0 fully saturated rings. The molecule has 0 radical (unpaired) electrons. The first kappa shape index (κ1) is 29.4. The number of benzene rings is 8. The Labute approximate surface area is 299 Å². The third-order valence-corrected chi connectivity index (χ3v) is 10.8. The van der Waals surface area contributed by atoms with Crippen molar-refractivity contribution in [2.75, 3.05) is 4.90 Å². The molecule has 0 aliphatic rings. The Balaban J connectivity index is 1.00. The summed E-state index contributed by atoms with van der Waals surface area (Å²) in [7, 11) is 0. The van der Waals surface area contributed by atoms with Gasteiger partial charge < -0.3 is 9.32 Å². The summed E-state index contributed by atoms with van der Waals surface area (Å²) in [4.78, 5) is 7.25. The Morgan fingerprint density at radius 1 is 0.451 bits per heavy atom. The number of aromatic nitrogens is 1. The lowest BCUT2D eigenvalue weighted by molar-refractivity contribution is 0.670. The van der Waals surface area contributed by atoms with Crippen LogP contribution in [-0.2, 0) is 0 Å². The lowest BCUT2D eigenvalue weighted by Gasteiger charge is -2.26. The monoisotopic (exact) mass is 670 g/mol. The summed E-state index contributed by atoms with van der Waals surface area (Å²) in [5.74, 6) is 0. The highest BCUT2D eigenvalue weighted by atomic mass is 32.1. The van der Waals surface area contributed by atoms with Crippen molar-refractivity contribution in [3.05, 3.63) is 182 Å². The van der Waals surface area contributed by atoms with E-state index in [0.29, 0.717) is 0 Å². The van der Waals surface area contributed by atoms with Crippen molar-refractivity contribution < 1.29 is 4.42 Å². The number of hydrogen-bond donors (Lipinski definition) is 0. The topological polar surface area (TPSA) is 29.3 Å². The molecule has 8 aromatic carbocycles. The average Bonchev–Trinajstić information content (AvgIpc) is 3.79. The van der Waals surface area contributed by atoms with E-state index in [1.54, 1.807) is 11.3 Å². The van der Waals surface area contributed by atoms with Gasteiger partial charge in [-0.05, 0) is 76.0 Å². The van der Waals surface area contributed by atoms with E-state index in [9.17, 15) is 0 Å². The van der Waals surface area contributed by atoms with Crippen LogP contribution in [0, 0.1) is 0 Å². The van der Waals surface area contributed by atoms with Crippen LogP contribution in [0.25, 0.3) is 75.8 Å². The molecular weight excluding hydrogens is 641 g/mol. The summed E-state index contributed by atoms with van der Waals surface area (Å²) in [6.45, 7) is 0. The van der Waals surface area contributed by atoms with E-state index in [4.69, 9.17) is 9.40 Å². The van der Waals surface area contributed by atoms with E-state index in [1.807, 2.05) is 6.07 Å². The SMILES string of the molecule is c1ccc(-c2nc3cc4oc5c(-c6ccc(N(c7ccccc7)c7ccc(-c8ccc9ccccc9c8)cc7)cc6)cccc5c4cc3s2)cc1. The Morgan fingerprint density at radius 2 is 1.10 bits per heavy atom. The van der Waals surface area contributed by atoms with Gasteiger partial charge >= 0.3 is 0 Å². The number of fused-ring (bicyclic) bond motifs is 5. The smallest absolute Gasteiger partial charge is 0.143 e. The molecule has 0 unspecified atom stereocenters. The van der Waals surface area contributed by atoms with Crippen molar-refractivity contribution in [2.45, 2.75) is 0 Å². The number of hydrogen-bond acceptors (Lipinski definition) is 4. The molecule has 0 aliphatic carbocycles. The van der Waals surface area contributed by atoms with Gasteiger partial charge in [0.15, 0.2) is 0 Å². The van der Waals surface area contributed by atoms with Crippen molar-refractivity contribution in [3.8, 4) is 32.8 Å². The fourth-order valence-electron chi connectivity index (χ4n) is 7.14. The molecule has 2 aromatic heterocycles. The Hall–Kier alpha value is -6.49. The average molecular weight is 671 g/mol. The summed E-state index contributed by atoms with van der Waals surface area (Å²) in [5, 5.41) is 5.75. The minimum absolute atomic E-state index is 0.855. The van der Waals surface area contributed by atoms with Gasteiger partial charge in [-0.3, -0.25) is 0 Å². The first-order chi connectivity index (χ1) is 25.2. The van der Waals surface area contributed by atoms with Crippen LogP contribution in [0.2, 0.25) is 0 Å². The van der Waals surface area contributed by atoms with Crippen LogP contribution in [0.3, 0.4) is 0 Å². The highest BCUT2D eigenvalue weighted by molar-refractivity contribution is 7.21. The fraction of sp³-hybridized carbons (Fsp3) is 0. The van der Waals surface area contributed by atoms with Gasteiger partial charge in [-0.1, -0.05) is 127 Å². The quantitative estimate of drug-likeness (QED) is 0.176. The molecule has 0 spiro atoms. The molecule has 4 heteroatoms. The van der Waals surface area contributed by atoms with Gasteiger partial charge in [0, 0.05) is 45.0 Å². The van der Waals surface area contributed by atoms with Crippen molar-refractivity contribution in [1.29, 1.82) is 0 Å². The van der Waals surface area contributed by atoms with Crippen LogP contribution < -0.4 is 4.90 Å². The molecule has 0 amide bonds. The summed E-state index contributed by atoms with van der Waals surface area (Å²) < 4.78 is 7.76. The normalized spacial score (nSPS) is 11.5. The van der Waals surface area contributed by atoms with Crippen LogP contribution in [0.15, 0.2) is 186 Å². The third kappa shape index (κ3) is 5.25. The highest BCUT2D eigenvalue weighted by Gasteiger charge is 2.17. The maximum Gasteiger partial charge on any atom is 0.143 e. The number of nitrogens with zero attached hydrogens (tertiary/aromatic N) is 2. The zero-order valence-electron chi connectivity index (χ0n) is 27.5. The molecule has 10 rings (SSSR count). The molecule has 51 heavy (non-hydrogen) atoms. The zero-order valence-corrected chi connectivity index (χ0v) is 28.3. The van der Waals surface area contributed by atoms with E-state index >= 15 is 0 Å². The minimum Gasteiger partial charge on any atom is -0.455 e. The molecule has 2 heterocycles. The van der Waals surface area contributed by atoms with E-state index < -0.39 is 0 Å². The van der Waals surface area contributed by atoms with Gasteiger partial charge in [-0.15, -0.1) is 11.3 Å². The van der Waals surface area contributed by atoms with Gasteiger partial charge in [-0.2, -0.15) is 0 Å². The number of rotatable bonds is 6. The van der Waals surface area contributed by atoms with E-state index in [2.05, 4.69) is 181 Å². The van der Waals surface area contributed by atoms with Gasteiger partial charge in [0.1, 0.15) is 16.2 Å². The molecule has 0 saturated heterocycles. The third-order valence-electron chi connectivity index (χ3n) is 9.69. The minimum atomic E-state index is 0.855. The Morgan fingerprint density at radius 3 is 1.86 bits per heavy atom. The van der Waals surface area contributed by atoms with E-state index in [1.165, 1.54) is 21.9 Å². The van der Waals surface area contributed by atoms with Crippen LogP contribution in [0.4, 0.5) is 17.1 Å². The number of furan rings is 1. The molecule has 10 aromatic rings. The molecule has 0 N–H and O–H groups in total. The molecule has 0 saturated carbocycles. The van der Waals surface area contributed by atoms with Crippen molar-refractivity contribution in [2.24, 2.45) is 0 Å². The molecule has 0 bridgehead atoms. The van der Waals surface area contributed by atoms with Crippen LogP contribution in [-0.4, -0.2) is 4.98 Å². The van der Waals surface area contributed by atoms with Gasteiger partial charge in [-0.25, -0.2) is 4.98 Å². The summed E-state index contributed by atoms with van der Waals surface area (Å²) in [6.07, 6.45) is 0. The number of anilines is 3. The lowest BCUT2D eigenvalue weighted by atomic mass is 10.0. The second-order valence-electron chi connectivity index (χ2n) is 12.8. The van der Waals surface area contributed by atoms with E-state index in [0.717, 1.165) is 70.9 Å². The molecule has 0 atom stereocenters. The van der Waals surface area contributed by atoms with Crippen molar-refractivity contribution in [1.82, 2.24) is 4.98 Å². The predicted molar refractivity (Wildman–Crippen MR) is 215 cm³/mol. The van der Waals surface area contributed by atoms with Gasteiger partial charge in [0.25, 0.3) is 0 Å². The standard InChI is InChI=1S/C47H30N2OS/c1-3-11-34(12-4-1)47-48-43-30-44-42(29-45(43)51-47)41-17-9-16-40(46(41)50-44)33-22-26-39(27-23-33)49(37-14-5-2-6-15-37)38-24-20-32(21-25-38)36-19-18-31-10-7-8-13-35(31)28-36/h1-30H. The Kier molecular flexibility index (Phi) is 7.00. The Bertz CT molecular complexity index is 2840. The number of para-hydroxylation sites is 2. The first-order valence-electron chi connectivity index (χ1n) is 17.1. The van der Waals surface area contributed by atoms with Gasteiger partial charge in [0.2, 0.25) is 0 Å². The lowest BCUT2D eigenvalue weighted by Crippen LogP contribution is -2.09. The largest absolute Gasteiger partial charge is 0.455 e. The zero-order chi connectivity index (χ0) is 33.7. The molecule has 3 nitrogen and oxygen atoms in total. The molecular formula is C47H30N2OS. The van der Waals surface area contributed by atoms with E-state index in [-0.39, 0.29) is 0 Å². The van der Waals surface area contributed by atoms with Crippen LogP contribution >= 0.6 is 11.3 Å². The van der Waals surface area contributed by atoms with Crippen molar-refractivity contribution in [3.63, 3.8) is 0 Å². The van der Waals surface area contributed by atoms with Crippen LogP contribution in [0.1, 0.15) is 0 Å². The second-order valence-corrected chi connectivity index (χ2v) is 13.8. The maximum absolute atomic E-state index is 6.60. The second kappa shape index (κ2) is 12.1. The summed E-state index contributed by atoms with van der Waals surface area (Å²) in [6, 6.07) is 64.5. The van der Waals surface area contributed by atoms with Crippen LogP contribution in [0.5, 0.6) is 0 Å². The summed E-state index contributed by atoms with van der Waals surface area (Å²) in [5.41, 5.74) is 11.7. The predicted octanol–water partition coefficient (Wildman–Crippen LogP) is 13.8. The molecule has 240 valence electrons.